The smallest absolute Gasteiger partial charge is 0.193 e. The van der Waals surface area contributed by atoms with E-state index in [1.165, 1.54) is 11.1 Å². The minimum absolute atomic E-state index is 0. The standard InChI is InChI=1S/C20H30N4O2S.HI/c1-14-9-15(2)11-18(10-14)26-8-7-22-20(21-4)24(5)12-17-13-27-19(23-17)16(3)25-6;/h9-11,13,16H,7-8,12H2,1-6H3,(H,21,22);1H. The molecule has 28 heavy (non-hydrogen) atoms. The predicted molar refractivity (Wildman–Crippen MR) is 127 cm³/mol. The minimum Gasteiger partial charge on any atom is -0.492 e. The van der Waals surface area contributed by atoms with Crippen molar-refractivity contribution in [3.8, 4) is 5.75 Å². The third kappa shape index (κ3) is 7.56. The van der Waals surface area contributed by atoms with Crippen molar-refractivity contribution in [2.45, 2.75) is 33.4 Å². The van der Waals surface area contributed by atoms with Crippen LogP contribution < -0.4 is 10.1 Å². The van der Waals surface area contributed by atoms with Gasteiger partial charge in [-0.3, -0.25) is 4.99 Å². The Morgan fingerprint density at radius 1 is 1.29 bits per heavy atom. The summed E-state index contributed by atoms with van der Waals surface area (Å²) in [5.74, 6) is 1.72. The summed E-state index contributed by atoms with van der Waals surface area (Å²) in [6, 6.07) is 6.24. The number of methoxy groups -OCH3 is 1. The Morgan fingerprint density at radius 3 is 2.57 bits per heavy atom. The van der Waals surface area contributed by atoms with Crippen LogP contribution in [0.15, 0.2) is 28.6 Å². The highest BCUT2D eigenvalue weighted by atomic mass is 127. The summed E-state index contributed by atoms with van der Waals surface area (Å²) in [6.07, 6.45) is 0.0221. The highest BCUT2D eigenvalue weighted by Crippen LogP contribution is 2.21. The first-order valence-corrected chi connectivity index (χ1v) is 9.91. The first-order valence-electron chi connectivity index (χ1n) is 9.03. The van der Waals surface area contributed by atoms with Gasteiger partial charge in [0.15, 0.2) is 5.96 Å². The van der Waals surface area contributed by atoms with Gasteiger partial charge in [0, 0.05) is 26.6 Å². The molecule has 0 aliphatic heterocycles. The second-order valence-corrected chi connectivity index (χ2v) is 7.45. The lowest BCUT2D eigenvalue weighted by Gasteiger charge is -2.21. The van der Waals surface area contributed by atoms with Crippen molar-refractivity contribution in [1.29, 1.82) is 0 Å². The van der Waals surface area contributed by atoms with Gasteiger partial charge in [0.25, 0.3) is 0 Å². The first kappa shape index (κ1) is 24.6. The van der Waals surface area contributed by atoms with Crippen LogP contribution in [0, 0.1) is 13.8 Å². The lowest BCUT2D eigenvalue weighted by Crippen LogP contribution is -2.40. The molecule has 1 N–H and O–H groups in total. The number of aromatic nitrogens is 1. The average Bonchev–Trinajstić information content (AvgIpc) is 3.08. The number of ether oxygens (including phenoxy) is 2. The third-order valence-electron chi connectivity index (χ3n) is 4.09. The summed E-state index contributed by atoms with van der Waals surface area (Å²) in [7, 11) is 5.48. The van der Waals surface area contributed by atoms with Crippen LogP contribution in [-0.2, 0) is 11.3 Å². The molecule has 0 radical (unpaired) electrons. The zero-order valence-corrected chi connectivity index (χ0v) is 20.6. The van der Waals surface area contributed by atoms with E-state index >= 15 is 0 Å². The molecule has 0 bridgehead atoms. The Bertz CT molecular complexity index is 746. The monoisotopic (exact) mass is 518 g/mol. The summed E-state index contributed by atoms with van der Waals surface area (Å²) in [4.78, 5) is 11.0. The number of nitrogens with one attached hydrogen (secondary N) is 1. The maximum Gasteiger partial charge on any atom is 0.193 e. The van der Waals surface area contributed by atoms with Gasteiger partial charge in [0.05, 0.1) is 18.8 Å². The molecule has 0 aliphatic carbocycles. The van der Waals surface area contributed by atoms with Crippen LogP contribution in [0.25, 0.3) is 0 Å². The van der Waals surface area contributed by atoms with Gasteiger partial charge < -0.3 is 19.7 Å². The molecule has 0 spiro atoms. The van der Waals surface area contributed by atoms with Crippen molar-refractivity contribution in [1.82, 2.24) is 15.2 Å². The number of guanidine groups is 1. The number of benzene rings is 1. The van der Waals surface area contributed by atoms with Crippen LogP contribution in [0.2, 0.25) is 0 Å². The molecular formula is C20H31IN4O2S. The fourth-order valence-electron chi connectivity index (χ4n) is 2.73. The lowest BCUT2D eigenvalue weighted by atomic mass is 10.1. The third-order valence-corrected chi connectivity index (χ3v) is 5.15. The molecule has 1 unspecified atom stereocenters. The zero-order valence-electron chi connectivity index (χ0n) is 17.5. The maximum absolute atomic E-state index is 5.84. The Balaban J connectivity index is 0.00000392. The van der Waals surface area contributed by atoms with E-state index in [4.69, 9.17) is 9.47 Å². The van der Waals surface area contributed by atoms with E-state index in [0.29, 0.717) is 19.7 Å². The molecule has 1 atom stereocenters. The molecule has 0 aliphatic rings. The van der Waals surface area contributed by atoms with Gasteiger partial charge in [0.2, 0.25) is 0 Å². The zero-order chi connectivity index (χ0) is 19.8. The molecule has 1 aromatic carbocycles. The highest BCUT2D eigenvalue weighted by molar-refractivity contribution is 14.0. The van der Waals surface area contributed by atoms with Crippen LogP contribution in [-0.4, -0.2) is 50.2 Å². The molecule has 0 amide bonds. The number of rotatable bonds is 8. The number of nitrogens with zero attached hydrogens (tertiary/aromatic N) is 3. The maximum atomic E-state index is 5.84. The van der Waals surface area contributed by atoms with Crippen LogP contribution in [0.3, 0.4) is 0 Å². The fraction of sp³-hybridized carbons (Fsp3) is 0.500. The lowest BCUT2D eigenvalue weighted by molar-refractivity contribution is 0.119. The van der Waals surface area contributed by atoms with Gasteiger partial charge in [-0.1, -0.05) is 6.07 Å². The first-order chi connectivity index (χ1) is 12.9. The number of aliphatic imine (C=N–C) groups is 1. The quantitative estimate of drug-likeness (QED) is 0.246. The average molecular weight is 518 g/mol. The number of hydrogen-bond acceptors (Lipinski definition) is 5. The van der Waals surface area contributed by atoms with Gasteiger partial charge in [0.1, 0.15) is 23.5 Å². The topological polar surface area (TPSA) is 59.0 Å². The van der Waals surface area contributed by atoms with Crippen LogP contribution in [0.4, 0.5) is 0 Å². The summed E-state index contributed by atoms with van der Waals surface area (Å²) in [5, 5.41) is 6.39. The van der Waals surface area contributed by atoms with Gasteiger partial charge in [-0.25, -0.2) is 4.98 Å². The summed E-state index contributed by atoms with van der Waals surface area (Å²) < 4.78 is 11.2. The highest BCUT2D eigenvalue weighted by Gasteiger charge is 2.12. The molecule has 2 rings (SSSR count). The normalized spacial score (nSPS) is 12.3. The number of hydrogen-bond donors (Lipinski definition) is 1. The van der Waals surface area contributed by atoms with Crippen molar-refractivity contribution in [2.75, 3.05) is 34.4 Å². The van der Waals surface area contributed by atoms with E-state index in [2.05, 4.69) is 52.7 Å². The van der Waals surface area contributed by atoms with E-state index in [1.807, 2.05) is 18.9 Å². The van der Waals surface area contributed by atoms with Crippen molar-refractivity contribution >= 4 is 41.3 Å². The Morgan fingerprint density at radius 2 is 1.96 bits per heavy atom. The van der Waals surface area contributed by atoms with E-state index < -0.39 is 0 Å². The second-order valence-electron chi connectivity index (χ2n) is 6.56. The number of aryl methyl sites for hydroxylation is 2. The van der Waals surface area contributed by atoms with Crippen LogP contribution in [0.5, 0.6) is 5.75 Å². The van der Waals surface area contributed by atoms with Crippen molar-refractivity contribution in [3.63, 3.8) is 0 Å². The molecule has 6 nitrogen and oxygen atoms in total. The largest absolute Gasteiger partial charge is 0.492 e. The minimum atomic E-state index is 0. The van der Waals surface area contributed by atoms with E-state index in [9.17, 15) is 0 Å². The summed E-state index contributed by atoms with van der Waals surface area (Å²) in [6.45, 7) is 8.08. The van der Waals surface area contributed by atoms with Gasteiger partial charge in [-0.2, -0.15) is 0 Å². The Hall–Kier alpha value is -1.39. The van der Waals surface area contributed by atoms with Gasteiger partial charge in [-0.05, 0) is 44.0 Å². The molecule has 0 saturated carbocycles. The Kier molecular flexibility index (Phi) is 10.8. The number of thiazole rings is 1. The number of halogens is 1. The van der Waals surface area contributed by atoms with Gasteiger partial charge >= 0.3 is 0 Å². The summed E-state index contributed by atoms with van der Waals surface area (Å²) in [5.41, 5.74) is 3.42. The second kappa shape index (κ2) is 12.2. The van der Waals surface area contributed by atoms with Crippen molar-refractivity contribution in [2.24, 2.45) is 4.99 Å². The summed E-state index contributed by atoms with van der Waals surface area (Å²) >= 11 is 1.62. The molecule has 0 fully saturated rings. The molecule has 1 heterocycles. The molecule has 1 aromatic heterocycles. The van der Waals surface area contributed by atoms with Crippen LogP contribution in [0.1, 0.15) is 34.9 Å². The van der Waals surface area contributed by atoms with E-state index in [0.717, 1.165) is 22.4 Å². The molecule has 8 heteroatoms. The van der Waals surface area contributed by atoms with Gasteiger partial charge in [-0.15, -0.1) is 35.3 Å². The SMILES string of the molecule is CN=C(NCCOc1cc(C)cc(C)c1)N(C)Cc1csc(C(C)OC)n1.I. The molecule has 2 aromatic rings. The van der Waals surface area contributed by atoms with E-state index in [1.54, 1.807) is 25.5 Å². The molecule has 0 saturated heterocycles. The van der Waals surface area contributed by atoms with Crippen LogP contribution >= 0.6 is 35.3 Å². The molecular weight excluding hydrogens is 487 g/mol. The fourth-order valence-corrected chi connectivity index (χ4v) is 3.58. The van der Waals surface area contributed by atoms with Crippen molar-refractivity contribution < 1.29 is 9.47 Å². The van der Waals surface area contributed by atoms with E-state index in [-0.39, 0.29) is 30.1 Å². The Labute approximate surface area is 189 Å². The molecule has 156 valence electrons. The predicted octanol–water partition coefficient (Wildman–Crippen LogP) is 4.17. The van der Waals surface area contributed by atoms with Crippen molar-refractivity contribution in [3.05, 3.63) is 45.4 Å².